The Morgan fingerprint density at radius 3 is 1.19 bits per heavy atom. The molecule has 0 saturated heterocycles. The van der Waals surface area contributed by atoms with Crippen molar-refractivity contribution in [3.8, 4) is 0 Å². The molecule has 0 atom stereocenters. The van der Waals surface area contributed by atoms with Crippen LogP contribution in [-0.4, -0.2) is 29.3 Å². The van der Waals surface area contributed by atoms with E-state index in [1.807, 2.05) is 13.8 Å². The highest BCUT2D eigenvalue weighted by atomic mass is 32.2. The first kappa shape index (κ1) is 23.2. The van der Waals surface area contributed by atoms with Gasteiger partial charge in [-0.25, -0.2) is 9.66 Å². The molecule has 32 heavy (non-hydrogen) atoms. The number of nitrogens with one attached hydrogen (secondary N) is 2. The highest BCUT2D eigenvalue weighted by Crippen LogP contribution is 2.11. The number of hydrogen-bond donors (Lipinski definition) is 2. The molecule has 0 heterocycles. The van der Waals surface area contributed by atoms with Crippen molar-refractivity contribution in [3.05, 3.63) is 95.1 Å². The Labute approximate surface area is 187 Å². The maximum Gasteiger partial charge on any atom is 0.276 e. The van der Waals surface area contributed by atoms with Gasteiger partial charge in [-0.1, -0.05) is 59.7 Å². The largest absolute Gasteiger partial charge is 0.276 e. The lowest BCUT2D eigenvalue weighted by molar-refractivity contribution is 0.583. The van der Waals surface area contributed by atoms with E-state index < -0.39 is 20.0 Å². The van der Waals surface area contributed by atoms with Gasteiger partial charge in [-0.05, 0) is 49.2 Å². The van der Waals surface area contributed by atoms with Crippen LogP contribution < -0.4 is 9.66 Å². The van der Waals surface area contributed by atoms with Gasteiger partial charge in [0.1, 0.15) is 0 Å². The number of aryl methyl sites for hydroxylation is 2. The summed E-state index contributed by atoms with van der Waals surface area (Å²) in [5, 5.41) is 7.58. The second kappa shape index (κ2) is 9.75. The van der Waals surface area contributed by atoms with Crippen LogP contribution in [0.5, 0.6) is 0 Å². The highest BCUT2D eigenvalue weighted by molar-refractivity contribution is 7.89. The molecule has 0 unspecified atom stereocenters. The molecule has 0 amide bonds. The number of nitrogens with zero attached hydrogens (tertiary/aromatic N) is 2. The summed E-state index contributed by atoms with van der Waals surface area (Å²) < 4.78 is 48.8. The fourth-order valence-electron chi connectivity index (χ4n) is 2.55. The second-order valence-corrected chi connectivity index (χ2v) is 10.3. The molecule has 10 heteroatoms. The third kappa shape index (κ3) is 6.25. The van der Waals surface area contributed by atoms with Gasteiger partial charge in [0.25, 0.3) is 20.0 Å². The number of hydrogen-bond acceptors (Lipinski definition) is 6. The van der Waals surface area contributed by atoms with Crippen molar-refractivity contribution >= 4 is 32.5 Å². The third-order valence-electron chi connectivity index (χ3n) is 4.37. The van der Waals surface area contributed by atoms with Crippen LogP contribution in [0.2, 0.25) is 0 Å². The predicted molar refractivity (Wildman–Crippen MR) is 125 cm³/mol. The highest BCUT2D eigenvalue weighted by Gasteiger charge is 2.12. The third-order valence-corrected chi connectivity index (χ3v) is 6.85. The van der Waals surface area contributed by atoms with Crippen molar-refractivity contribution in [2.45, 2.75) is 23.6 Å². The van der Waals surface area contributed by atoms with E-state index in [0.29, 0.717) is 11.1 Å². The van der Waals surface area contributed by atoms with Crippen LogP contribution in [0.3, 0.4) is 0 Å². The summed E-state index contributed by atoms with van der Waals surface area (Å²) in [6.45, 7) is 3.74. The Morgan fingerprint density at radius 1 is 0.562 bits per heavy atom. The van der Waals surface area contributed by atoms with Crippen LogP contribution in [0.25, 0.3) is 0 Å². The smallest absolute Gasteiger partial charge is 0.200 e. The molecule has 3 rings (SSSR count). The zero-order valence-corrected chi connectivity index (χ0v) is 19.1. The standard InChI is InChI=1S/C22H22N4O4S2/c1-17-3-11-21(12-4-17)31(27,28)25-23-15-19-7-9-20(10-8-19)16-24-26-32(29,30)22-13-5-18(2)6-14-22/h3-16,25-26H,1-2H3/b23-15+,24-16+. The molecule has 0 aliphatic carbocycles. The minimum absolute atomic E-state index is 0.125. The van der Waals surface area contributed by atoms with E-state index >= 15 is 0 Å². The first-order valence-corrected chi connectivity index (χ1v) is 12.5. The lowest BCUT2D eigenvalue weighted by Crippen LogP contribution is -2.18. The van der Waals surface area contributed by atoms with E-state index in [0.717, 1.165) is 11.1 Å². The van der Waals surface area contributed by atoms with Gasteiger partial charge in [-0.3, -0.25) is 0 Å². The quantitative estimate of drug-likeness (QED) is 0.389. The minimum atomic E-state index is -3.74. The normalized spacial score (nSPS) is 12.3. The number of sulfonamides is 2. The van der Waals surface area contributed by atoms with E-state index in [2.05, 4.69) is 19.9 Å². The second-order valence-electron chi connectivity index (χ2n) is 7.00. The fourth-order valence-corrected chi connectivity index (χ4v) is 4.13. The molecule has 0 aliphatic heterocycles. The van der Waals surface area contributed by atoms with E-state index in [-0.39, 0.29) is 9.79 Å². The van der Waals surface area contributed by atoms with Gasteiger partial charge in [0, 0.05) is 0 Å². The lowest BCUT2D eigenvalue weighted by atomic mass is 10.2. The van der Waals surface area contributed by atoms with Crippen molar-refractivity contribution in [1.29, 1.82) is 0 Å². The molecule has 166 valence electrons. The maximum atomic E-state index is 12.2. The van der Waals surface area contributed by atoms with Crippen LogP contribution in [-0.2, 0) is 20.0 Å². The van der Waals surface area contributed by atoms with Crippen LogP contribution in [0.4, 0.5) is 0 Å². The van der Waals surface area contributed by atoms with Gasteiger partial charge in [0.15, 0.2) is 0 Å². The SMILES string of the molecule is Cc1ccc(S(=O)(=O)N/N=C/c2ccc(/C=N/NS(=O)(=O)c3ccc(C)cc3)cc2)cc1. The summed E-state index contributed by atoms with van der Waals surface area (Å²) in [5.74, 6) is 0. The van der Waals surface area contributed by atoms with Gasteiger partial charge in [0.2, 0.25) is 0 Å². The molecule has 3 aromatic carbocycles. The molecule has 0 spiro atoms. The zero-order valence-electron chi connectivity index (χ0n) is 17.4. The molecule has 3 aromatic rings. The van der Waals surface area contributed by atoms with Gasteiger partial charge >= 0.3 is 0 Å². The zero-order chi connectivity index (χ0) is 23.2. The van der Waals surface area contributed by atoms with Gasteiger partial charge < -0.3 is 0 Å². The Bertz CT molecular complexity index is 1220. The van der Waals surface area contributed by atoms with Gasteiger partial charge in [0.05, 0.1) is 22.2 Å². The average Bonchev–Trinajstić information content (AvgIpc) is 2.75. The molecule has 2 N–H and O–H groups in total. The van der Waals surface area contributed by atoms with E-state index in [4.69, 9.17) is 0 Å². The lowest BCUT2D eigenvalue weighted by Gasteiger charge is -2.04. The van der Waals surface area contributed by atoms with Crippen LogP contribution in [0, 0.1) is 13.8 Å². The van der Waals surface area contributed by atoms with E-state index in [1.165, 1.54) is 36.7 Å². The van der Waals surface area contributed by atoms with Crippen LogP contribution in [0.1, 0.15) is 22.3 Å². The minimum Gasteiger partial charge on any atom is -0.200 e. The molecule has 8 nitrogen and oxygen atoms in total. The molecule has 0 aliphatic rings. The summed E-state index contributed by atoms with van der Waals surface area (Å²) in [6.07, 6.45) is 2.74. The molecule has 0 aromatic heterocycles. The molecule has 0 saturated carbocycles. The first-order chi connectivity index (χ1) is 15.2. The summed E-state index contributed by atoms with van der Waals surface area (Å²) >= 11 is 0. The van der Waals surface area contributed by atoms with E-state index in [9.17, 15) is 16.8 Å². The van der Waals surface area contributed by atoms with Gasteiger partial charge in [-0.15, -0.1) is 0 Å². The molecule has 0 radical (unpaired) electrons. The topological polar surface area (TPSA) is 117 Å². The van der Waals surface area contributed by atoms with Gasteiger partial charge in [-0.2, -0.15) is 27.0 Å². The molecular weight excluding hydrogens is 448 g/mol. The fraction of sp³-hybridized carbons (Fsp3) is 0.0909. The number of rotatable bonds is 8. The van der Waals surface area contributed by atoms with Crippen molar-refractivity contribution in [2.75, 3.05) is 0 Å². The maximum absolute atomic E-state index is 12.2. The Morgan fingerprint density at radius 2 is 0.875 bits per heavy atom. The molecule has 0 bridgehead atoms. The van der Waals surface area contributed by atoms with Crippen molar-refractivity contribution in [3.63, 3.8) is 0 Å². The average molecular weight is 471 g/mol. The number of benzene rings is 3. The Hall–Kier alpha value is -3.50. The monoisotopic (exact) mass is 470 g/mol. The summed E-state index contributed by atoms with van der Waals surface area (Å²) in [7, 11) is -7.48. The van der Waals surface area contributed by atoms with Crippen molar-refractivity contribution in [2.24, 2.45) is 10.2 Å². The Balaban J connectivity index is 1.58. The molecular formula is C22H22N4O4S2. The number of hydrazone groups is 2. The first-order valence-electron chi connectivity index (χ1n) is 9.49. The van der Waals surface area contributed by atoms with E-state index in [1.54, 1.807) is 48.5 Å². The summed E-state index contributed by atoms with van der Waals surface area (Å²) in [5.41, 5.74) is 3.21. The predicted octanol–water partition coefficient (Wildman–Crippen LogP) is 2.93. The molecule has 0 fully saturated rings. The summed E-state index contributed by atoms with van der Waals surface area (Å²) in [6, 6.07) is 19.6. The summed E-state index contributed by atoms with van der Waals surface area (Å²) in [4.78, 5) is 4.58. The Kier molecular flexibility index (Phi) is 7.06. The van der Waals surface area contributed by atoms with Crippen LogP contribution in [0.15, 0.2) is 92.8 Å². The van der Waals surface area contributed by atoms with Crippen molar-refractivity contribution in [1.82, 2.24) is 9.66 Å². The van der Waals surface area contributed by atoms with Crippen molar-refractivity contribution < 1.29 is 16.8 Å². The van der Waals surface area contributed by atoms with Crippen LogP contribution >= 0.6 is 0 Å².